The van der Waals surface area contributed by atoms with Crippen molar-refractivity contribution in [1.82, 2.24) is 0 Å². The van der Waals surface area contributed by atoms with Gasteiger partial charge in [-0.15, -0.1) is 0 Å². The summed E-state index contributed by atoms with van der Waals surface area (Å²) in [6, 6.07) is 2.07. The van der Waals surface area contributed by atoms with E-state index >= 15 is 0 Å². The Morgan fingerprint density at radius 1 is 1.39 bits per heavy atom. The highest BCUT2D eigenvalue weighted by atomic mass is 35.5. The highest BCUT2D eigenvalue weighted by Gasteiger charge is 2.35. The number of aliphatic imine (C=N–C) groups is 1. The second-order valence-electron chi connectivity index (χ2n) is 4.56. The molecule has 1 aromatic carbocycles. The Balaban J connectivity index is 2.40. The highest BCUT2D eigenvalue weighted by molar-refractivity contribution is 6.31. The largest absolute Gasteiger partial charge is 0.478 e. The molecular formula is C13H14ClF2NO. The Kier molecular flexibility index (Phi) is 3.57. The maximum atomic E-state index is 13.3. The molecule has 0 amide bonds. The first-order chi connectivity index (χ1) is 8.46. The maximum Gasteiger partial charge on any atom is 0.184 e. The number of hydrogen-bond donors (Lipinski definition) is 0. The fraction of sp³-hybridized carbons (Fsp3) is 0.462. The third-order valence-corrected chi connectivity index (χ3v) is 3.26. The molecule has 1 unspecified atom stereocenters. The minimum atomic E-state index is -0.955. The van der Waals surface area contributed by atoms with Gasteiger partial charge in [-0.05, 0) is 25.5 Å². The molecule has 1 aliphatic heterocycles. The Morgan fingerprint density at radius 2 is 2.06 bits per heavy atom. The van der Waals surface area contributed by atoms with Gasteiger partial charge in [0, 0.05) is 17.0 Å². The van der Waals surface area contributed by atoms with Crippen LogP contribution in [0.3, 0.4) is 0 Å². The molecule has 2 nitrogen and oxygen atoms in total. The lowest BCUT2D eigenvalue weighted by molar-refractivity contribution is 0.263. The summed E-state index contributed by atoms with van der Waals surface area (Å²) in [4.78, 5) is 4.43. The van der Waals surface area contributed by atoms with E-state index in [1.54, 1.807) is 6.92 Å². The van der Waals surface area contributed by atoms with Gasteiger partial charge < -0.3 is 4.74 Å². The van der Waals surface area contributed by atoms with Crippen LogP contribution < -0.4 is 0 Å². The molecule has 0 aliphatic carbocycles. The molecule has 18 heavy (non-hydrogen) atoms. The topological polar surface area (TPSA) is 21.6 Å². The molecule has 0 radical (unpaired) electrons. The van der Waals surface area contributed by atoms with E-state index in [9.17, 15) is 8.78 Å². The third-order valence-electron chi connectivity index (χ3n) is 2.95. The van der Waals surface area contributed by atoms with Gasteiger partial charge >= 0.3 is 0 Å². The molecule has 0 N–H and O–H groups in total. The molecule has 1 atom stereocenters. The zero-order valence-corrected chi connectivity index (χ0v) is 11.0. The summed E-state index contributed by atoms with van der Waals surface area (Å²) in [6.45, 7) is 4.12. The molecule has 1 aromatic rings. The predicted octanol–water partition coefficient (Wildman–Crippen LogP) is 4.06. The van der Waals surface area contributed by atoms with Gasteiger partial charge in [0.2, 0.25) is 0 Å². The lowest BCUT2D eigenvalue weighted by Crippen LogP contribution is -2.21. The molecule has 0 saturated carbocycles. The first-order valence-corrected chi connectivity index (χ1v) is 6.20. The standard InChI is InChI=1S/C13H14ClF2NO/c1-3-4-12-17-13(2,7-18-12)8-5-10(15)11(16)6-9(8)14/h5-6H,3-4,7H2,1-2H3. The highest BCUT2D eigenvalue weighted by Crippen LogP contribution is 2.36. The van der Waals surface area contributed by atoms with Crippen molar-refractivity contribution in [2.75, 3.05) is 6.61 Å². The summed E-state index contributed by atoms with van der Waals surface area (Å²) >= 11 is 5.96. The predicted molar refractivity (Wildman–Crippen MR) is 67.0 cm³/mol. The van der Waals surface area contributed by atoms with Crippen LogP contribution in [0.5, 0.6) is 0 Å². The molecule has 5 heteroatoms. The van der Waals surface area contributed by atoms with Crippen LogP contribution >= 0.6 is 11.6 Å². The molecule has 2 rings (SSSR count). The van der Waals surface area contributed by atoms with Crippen LogP contribution in [0.4, 0.5) is 8.78 Å². The van der Waals surface area contributed by atoms with Crippen molar-refractivity contribution in [3.63, 3.8) is 0 Å². The van der Waals surface area contributed by atoms with Crippen molar-refractivity contribution in [3.8, 4) is 0 Å². The van der Waals surface area contributed by atoms with Gasteiger partial charge in [-0.25, -0.2) is 13.8 Å². The second-order valence-corrected chi connectivity index (χ2v) is 4.97. The third kappa shape index (κ3) is 2.34. The van der Waals surface area contributed by atoms with Crippen molar-refractivity contribution in [3.05, 3.63) is 34.4 Å². The summed E-state index contributed by atoms with van der Waals surface area (Å²) < 4.78 is 31.8. The van der Waals surface area contributed by atoms with Gasteiger partial charge in [0.25, 0.3) is 0 Å². The average molecular weight is 274 g/mol. The van der Waals surface area contributed by atoms with E-state index in [0.29, 0.717) is 18.1 Å². The zero-order valence-electron chi connectivity index (χ0n) is 10.3. The number of halogens is 3. The summed E-state index contributed by atoms with van der Waals surface area (Å²) in [5.41, 5.74) is -0.287. The maximum absolute atomic E-state index is 13.3. The molecule has 0 spiro atoms. The summed E-state index contributed by atoms with van der Waals surface area (Å²) in [5, 5.41) is 0.168. The molecule has 0 fully saturated rings. The molecule has 0 bridgehead atoms. The first-order valence-electron chi connectivity index (χ1n) is 5.83. The van der Waals surface area contributed by atoms with Crippen LogP contribution in [0, 0.1) is 11.6 Å². The molecule has 0 saturated heterocycles. The van der Waals surface area contributed by atoms with Gasteiger partial charge in [0.1, 0.15) is 12.1 Å². The molecule has 1 aliphatic rings. The summed E-state index contributed by atoms with van der Waals surface area (Å²) in [5.74, 6) is -1.24. The van der Waals surface area contributed by atoms with Crippen LogP contribution in [-0.2, 0) is 10.3 Å². The zero-order chi connectivity index (χ0) is 13.3. The SMILES string of the molecule is CCCC1=NC(C)(c2cc(F)c(F)cc2Cl)CO1. The lowest BCUT2D eigenvalue weighted by atomic mass is 9.94. The van der Waals surface area contributed by atoms with Crippen LogP contribution in [0.15, 0.2) is 17.1 Å². The first kappa shape index (κ1) is 13.3. The van der Waals surface area contributed by atoms with Crippen molar-refractivity contribution in [1.29, 1.82) is 0 Å². The van der Waals surface area contributed by atoms with Crippen LogP contribution in [0.1, 0.15) is 32.3 Å². The minimum Gasteiger partial charge on any atom is -0.478 e. The Hall–Kier alpha value is -1.16. The van der Waals surface area contributed by atoms with Crippen molar-refractivity contribution in [2.45, 2.75) is 32.2 Å². The number of hydrogen-bond acceptors (Lipinski definition) is 2. The quantitative estimate of drug-likeness (QED) is 0.761. The van der Waals surface area contributed by atoms with Gasteiger partial charge in [0.05, 0.1) is 0 Å². The van der Waals surface area contributed by atoms with E-state index in [0.717, 1.165) is 25.0 Å². The fourth-order valence-corrected chi connectivity index (χ4v) is 2.33. The second kappa shape index (κ2) is 4.84. The molecule has 1 heterocycles. The summed E-state index contributed by atoms with van der Waals surface area (Å²) in [6.07, 6.45) is 1.65. The van der Waals surface area contributed by atoms with Gasteiger partial charge in [0.15, 0.2) is 17.5 Å². The van der Waals surface area contributed by atoms with E-state index in [1.807, 2.05) is 6.92 Å². The summed E-state index contributed by atoms with van der Waals surface area (Å²) in [7, 11) is 0. The van der Waals surface area contributed by atoms with Crippen molar-refractivity contribution < 1.29 is 13.5 Å². The Bertz CT molecular complexity index is 504. The van der Waals surface area contributed by atoms with Gasteiger partial charge in [-0.2, -0.15) is 0 Å². The Morgan fingerprint density at radius 3 is 2.72 bits per heavy atom. The van der Waals surface area contributed by atoms with E-state index in [-0.39, 0.29) is 5.02 Å². The average Bonchev–Trinajstić information content (AvgIpc) is 2.67. The number of benzene rings is 1. The fourth-order valence-electron chi connectivity index (χ4n) is 1.98. The van der Waals surface area contributed by atoms with E-state index in [4.69, 9.17) is 16.3 Å². The van der Waals surface area contributed by atoms with E-state index < -0.39 is 17.2 Å². The molecular weight excluding hydrogens is 260 g/mol. The van der Waals surface area contributed by atoms with Crippen molar-refractivity contribution >= 4 is 17.5 Å². The molecule has 98 valence electrons. The number of ether oxygens (including phenoxy) is 1. The lowest BCUT2D eigenvalue weighted by Gasteiger charge is -2.20. The number of nitrogens with zero attached hydrogens (tertiary/aromatic N) is 1. The van der Waals surface area contributed by atoms with Gasteiger partial charge in [-0.3, -0.25) is 0 Å². The van der Waals surface area contributed by atoms with Crippen LogP contribution in [-0.4, -0.2) is 12.5 Å². The van der Waals surface area contributed by atoms with Crippen LogP contribution in [0.2, 0.25) is 5.02 Å². The number of rotatable bonds is 3. The smallest absolute Gasteiger partial charge is 0.184 e. The minimum absolute atomic E-state index is 0.168. The normalized spacial score (nSPS) is 22.8. The van der Waals surface area contributed by atoms with Crippen molar-refractivity contribution in [2.24, 2.45) is 4.99 Å². The monoisotopic (exact) mass is 273 g/mol. The molecule has 0 aromatic heterocycles. The Labute approximate surface area is 110 Å². The van der Waals surface area contributed by atoms with Gasteiger partial charge in [-0.1, -0.05) is 18.5 Å². The van der Waals surface area contributed by atoms with E-state index in [2.05, 4.69) is 4.99 Å². The van der Waals surface area contributed by atoms with E-state index in [1.165, 1.54) is 0 Å². The van der Waals surface area contributed by atoms with Crippen LogP contribution in [0.25, 0.3) is 0 Å².